The predicted octanol–water partition coefficient (Wildman–Crippen LogP) is 3.33. The number of H-pyrrole nitrogens is 1. The summed E-state index contributed by atoms with van der Waals surface area (Å²) in [6.07, 6.45) is 1.60. The van der Waals surface area contributed by atoms with Crippen molar-refractivity contribution >= 4 is 34.4 Å². The van der Waals surface area contributed by atoms with Crippen LogP contribution in [0.25, 0.3) is 22.6 Å². The van der Waals surface area contributed by atoms with Crippen LogP contribution in [0.1, 0.15) is 0 Å². The van der Waals surface area contributed by atoms with Gasteiger partial charge in [-0.05, 0) is 23.7 Å². The van der Waals surface area contributed by atoms with E-state index in [2.05, 4.69) is 19.9 Å². The number of nitrogens with one attached hydrogen (secondary N) is 1. The van der Waals surface area contributed by atoms with Crippen LogP contribution in [-0.4, -0.2) is 19.9 Å². The van der Waals surface area contributed by atoms with Gasteiger partial charge in [-0.1, -0.05) is 23.7 Å². The summed E-state index contributed by atoms with van der Waals surface area (Å²) in [7, 11) is 0. The Morgan fingerprint density at radius 3 is 2.71 bits per heavy atom. The summed E-state index contributed by atoms with van der Waals surface area (Å²) in [5, 5.41) is 0.806. The molecule has 84 valence electrons. The van der Waals surface area contributed by atoms with Crippen LogP contribution in [0, 0.1) is 0 Å². The van der Waals surface area contributed by atoms with Gasteiger partial charge in [0.05, 0.1) is 11.2 Å². The Kier molecular flexibility index (Phi) is 2.46. The molecule has 0 bridgehead atoms. The molecular weight excluding hydrogens is 259 g/mol. The Bertz CT molecular complexity index is 693. The molecule has 2 aromatic heterocycles. The summed E-state index contributed by atoms with van der Waals surface area (Å²) in [4.78, 5) is 15.3. The standard InChI is InChI=1S/C11H6Cl2N4/c12-7-4-2-1-3-6(7)9-15-8-5-14-11(13)17-10(8)16-9/h1-5H,(H,14,15,16,17). The second-order valence-corrected chi connectivity index (χ2v) is 4.19. The predicted molar refractivity (Wildman–Crippen MR) is 67.1 cm³/mol. The van der Waals surface area contributed by atoms with Gasteiger partial charge in [-0.15, -0.1) is 0 Å². The van der Waals surface area contributed by atoms with E-state index in [0.29, 0.717) is 16.5 Å². The van der Waals surface area contributed by atoms with Crippen molar-refractivity contribution in [3.63, 3.8) is 0 Å². The molecular formula is C11H6Cl2N4. The van der Waals surface area contributed by atoms with E-state index < -0.39 is 0 Å². The molecule has 0 saturated carbocycles. The molecule has 0 unspecified atom stereocenters. The van der Waals surface area contributed by atoms with E-state index in [0.717, 1.165) is 11.1 Å². The van der Waals surface area contributed by atoms with Crippen molar-refractivity contribution in [3.8, 4) is 11.4 Å². The summed E-state index contributed by atoms with van der Waals surface area (Å²) >= 11 is 11.8. The molecule has 3 rings (SSSR count). The second-order valence-electron chi connectivity index (χ2n) is 3.44. The molecule has 17 heavy (non-hydrogen) atoms. The third-order valence-corrected chi connectivity index (χ3v) is 2.85. The molecule has 0 amide bonds. The SMILES string of the molecule is Clc1ncc2[nH]c(-c3ccccc3Cl)nc2n1. The zero-order chi connectivity index (χ0) is 11.8. The zero-order valence-corrected chi connectivity index (χ0v) is 10.00. The fourth-order valence-electron chi connectivity index (χ4n) is 1.57. The minimum absolute atomic E-state index is 0.176. The van der Waals surface area contributed by atoms with E-state index in [4.69, 9.17) is 23.2 Å². The van der Waals surface area contributed by atoms with Crippen LogP contribution in [0.15, 0.2) is 30.5 Å². The number of hydrogen-bond donors (Lipinski definition) is 1. The van der Waals surface area contributed by atoms with Crippen LogP contribution >= 0.6 is 23.2 Å². The molecule has 0 aliphatic heterocycles. The highest BCUT2D eigenvalue weighted by molar-refractivity contribution is 6.33. The molecule has 4 nitrogen and oxygen atoms in total. The lowest BCUT2D eigenvalue weighted by Crippen LogP contribution is -1.81. The lowest BCUT2D eigenvalue weighted by molar-refractivity contribution is 1.20. The van der Waals surface area contributed by atoms with Gasteiger partial charge in [0.2, 0.25) is 5.28 Å². The third kappa shape index (κ3) is 1.85. The fourth-order valence-corrected chi connectivity index (χ4v) is 1.92. The first-order chi connectivity index (χ1) is 8.24. The van der Waals surface area contributed by atoms with Gasteiger partial charge in [0.1, 0.15) is 11.3 Å². The first-order valence-electron chi connectivity index (χ1n) is 4.87. The zero-order valence-electron chi connectivity index (χ0n) is 8.48. The molecule has 0 aliphatic rings. The number of aromatic nitrogens is 4. The van der Waals surface area contributed by atoms with E-state index in [9.17, 15) is 0 Å². The number of aromatic amines is 1. The summed E-state index contributed by atoms with van der Waals surface area (Å²) in [6.45, 7) is 0. The fraction of sp³-hybridized carbons (Fsp3) is 0. The maximum Gasteiger partial charge on any atom is 0.224 e. The van der Waals surface area contributed by atoms with Crippen molar-refractivity contribution in [2.24, 2.45) is 0 Å². The van der Waals surface area contributed by atoms with Crippen molar-refractivity contribution in [3.05, 3.63) is 40.8 Å². The van der Waals surface area contributed by atoms with Crippen LogP contribution in [0.5, 0.6) is 0 Å². The summed E-state index contributed by atoms with van der Waals surface area (Å²) in [5.74, 6) is 0.655. The van der Waals surface area contributed by atoms with Gasteiger partial charge < -0.3 is 4.98 Å². The molecule has 1 N–H and O–H groups in total. The summed E-state index contributed by atoms with van der Waals surface area (Å²) in [5.41, 5.74) is 2.08. The van der Waals surface area contributed by atoms with Gasteiger partial charge in [-0.25, -0.2) is 9.97 Å². The minimum Gasteiger partial charge on any atom is -0.335 e. The number of benzene rings is 1. The molecule has 2 heterocycles. The average molecular weight is 265 g/mol. The van der Waals surface area contributed by atoms with Gasteiger partial charge in [0, 0.05) is 5.56 Å². The van der Waals surface area contributed by atoms with Gasteiger partial charge in [0.25, 0.3) is 0 Å². The van der Waals surface area contributed by atoms with Crippen LogP contribution in [0.2, 0.25) is 10.3 Å². The Hall–Kier alpha value is -1.65. The Balaban J connectivity index is 2.22. The largest absolute Gasteiger partial charge is 0.335 e. The molecule has 3 aromatic rings. The molecule has 6 heteroatoms. The van der Waals surface area contributed by atoms with E-state index in [1.165, 1.54) is 0 Å². The van der Waals surface area contributed by atoms with Gasteiger partial charge in [0.15, 0.2) is 5.65 Å². The average Bonchev–Trinajstić information content (AvgIpc) is 2.72. The van der Waals surface area contributed by atoms with Crippen LogP contribution in [-0.2, 0) is 0 Å². The first kappa shape index (κ1) is 10.5. The van der Waals surface area contributed by atoms with Gasteiger partial charge >= 0.3 is 0 Å². The Labute approximate surface area is 107 Å². The lowest BCUT2D eigenvalue weighted by atomic mass is 10.2. The van der Waals surface area contributed by atoms with E-state index >= 15 is 0 Å². The normalized spacial score (nSPS) is 10.9. The highest BCUT2D eigenvalue weighted by Gasteiger charge is 2.09. The molecule has 0 spiro atoms. The monoisotopic (exact) mass is 264 g/mol. The molecule has 1 aromatic carbocycles. The number of halogens is 2. The van der Waals surface area contributed by atoms with Crippen molar-refractivity contribution in [1.29, 1.82) is 0 Å². The summed E-state index contributed by atoms with van der Waals surface area (Å²) < 4.78 is 0. The molecule has 0 aliphatic carbocycles. The van der Waals surface area contributed by atoms with Crippen LogP contribution in [0.4, 0.5) is 0 Å². The highest BCUT2D eigenvalue weighted by atomic mass is 35.5. The lowest BCUT2D eigenvalue weighted by Gasteiger charge is -1.98. The van der Waals surface area contributed by atoms with Crippen LogP contribution in [0.3, 0.4) is 0 Å². The molecule has 0 fully saturated rings. The first-order valence-corrected chi connectivity index (χ1v) is 5.63. The van der Waals surface area contributed by atoms with Gasteiger partial charge in [-0.2, -0.15) is 4.98 Å². The topological polar surface area (TPSA) is 54.5 Å². The second kappa shape index (κ2) is 3.98. The maximum absolute atomic E-state index is 6.10. The van der Waals surface area contributed by atoms with Crippen LogP contribution < -0.4 is 0 Å². The number of imidazole rings is 1. The van der Waals surface area contributed by atoms with Crippen molar-refractivity contribution < 1.29 is 0 Å². The van der Waals surface area contributed by atoms with Crippen molar-refractivity contribution in [2.45, 2.75) is 0 Å². The Morgan fingerprint density at radius 2 is 1.88 bits per heavy atom. The number of nitrogens with zero attached hydrogens (tertiary/aromatic N) is 3. The number of rotatable bonds is 1. The third-order valence-electron chi connectivity index (χ3n) is 2.34. The highest BCUT2D eigenvalue weighted by Crippen LogP contribution is 2.26. The molecule has 0 atom stereocenters. The van der Waals surface area contributed by atoms with Gasteiger partial charge in [-0.3, -0.25) is 0 Å². The minimum atomic E-state index is 0.176. The van der Waals surface area contributed by atoms with E-state index in [1.807, 2.05) is 24.3 Å². The van der Waals surface area contributed by atoms with E-state index in [1.54, 1.807) is 6.20 Å². The molecule has 0 saturated heterocycles. The molecule has 0 radical (unpaired) electrons. The van der Waals surface area contributed by atoms with Crippen molar-refractivity contribution in [1.82, 2.24) is 19.9 Å². The quantitative estimate of drug-likeness (QED) is 0.686. The van der Waals surface area contributed by atoms with E-state index in [-0.39, 0.29) is 5.28 Å². The number of fused-ring (bicyclic) bond motifs is 1. The Morgan fingerprint density at radius 1 is 1.06 bits per heavy atom. The van der Waals surface area contributed by atoms with Crippen molar-refractivity contribution in [2.75, 3.05) is 0 Å². The maximum atomic E-state index is 6.10. The summed E-state index contributed by atoms with van der Waals surface area (Å²) in [6, 6.07) is 7.45. The number of hydrogen-bond acceptors (Lipinski definition) is 3. The smallest absolute Gasteiger partial charge is 0.224 e.